The Kier molecular flexibility index (Phi) is 6.97. The van der Waals surface area contributed by atoms with E-state index in [-0.39, 0.29) is 17.6 Å². The van der Waals surface area contributed by atoms with Gasteiger partial charge in [0, 0.05) is 11.4 Å². The number of nitrogens with one attached hydrogen (secondary N) is 2. The van der Waals surface area contributed by atoms with Crippen LogP contribution in [0.5, 0.6) is 0 Å². The first kappa shape index (κ1) is 20.5. The number of amides is 2. The molecule has 0 aliphatic carbocycles. The first-order chi connectivity index (χ1) is 14.0. The summed E-state index contributed by atoms with van der Waals surface area (Å²) in [5, 5.41) is 5.52. The SMILES string of the molecule is O=C(CSc1ccc(F)c(F)c1)Nc1ccccc1C(=O)NCc1ccccc1. The molecule has 4 nitrogen and oxygen atoms in total. The number of rotatable bonds is 7. The van der Waals surface area contributed by atoms with Crippen LogP contribution in [0.3, 0.4) is 0 Å². The van der Waals surface area contributed by atoms with Gasteiger partial charge in [0.2, 0.25) is 5.91 Å². The van der Waals surface area contributed by atoms with Crippen molar-refractivity contribution in [1.82, 2.24) is 5.32 Å². The van der Waals surface area contributed by atoms with Crippen LogP contribution in [-0.2, 0) is 11.3 Å². The molecule has 0 spiro atoms. The Morgan fingerprint density at radius 2 is 1.59 bits per heavy atom. The summed E-state index contributed by atoms with van der Waals surface area (Å²) >= 11 is 1.07. The van der Waals surface area contributed by atoms with Gasteiger partial charge in [0.05, 0.1) is 17.0 Å². The highest BCUT2D eigenvalue weighted by Gasteiger charge is 2.13. The van der Waals surface area contributed by atoms with Crippen molar-refractivity contribution in [2.45, 2.75) is 11.4 Å². The van der Waals surface area contributed by atoms with Gasteiger partial charge in [-0.2, -0.15) is 0 Å². The maximum atomic E-state index is 13.3. The molecular formula is C22H18F2N2O2S. The summed E-state index contributed by atoms with van der Waals surface area (Å²) in [7, 11) is 0. The largest absolute Gasteiger partial charge is 0.348 e. The number of hydrogen-bond donors (Lipinski definition) is 2. The summed E-state index contributed by atoms with van der Waals surface area (Å²) in [5.74, 6) is -2.57. The normalized spacial score (nSPS) is 10.4. The van der Waals surface area contributed by atoms with E-state index in [0.717, 1.165) is 29.5 Å². The van der Waals surface area contributed by atoms with Gasteiger partial charge in [-0.1, -0.05) is 42.5 Å². The van der Waals surface area contributed by atoms with E-state index in [0.29, 0.717) is 22.7 Å². The number of halogens is 2. The Morgan fingerprint density at radius 1 is 0.862 bits per heavy atom. The molecule has 0 atom stereocenters. The summed E-state index contributed by atoms with van der Waals surface area (Å²) in [5.41, 5.74) is 1.69. The highest BCUT2D eigenvalue weighted by atomic mass is 32.2. The Bertz CT molecular complexity index is 1010. The number of carbonyl (C=O) groups is 2. The molecule has 0 fully saturated rings. The zero-order valence-electron chi connectivity index (χ0n) is 15.3. The molecule has 0 unspecified atom stereocenters. The lowest BCUT2D eigenvalue weighted by Gasteiger charge is -2.11. The molecule has 7 heteroatoms. The number of thioether (sulfide) groups is 1. The van der Waals surface area contributed by atoms with Gasteiger partial charge < -0.3 is 10.6 Å². The van der Waals surface area contributed by atoms with E-state index in [2.05, 4.69) is 10.6 Å². The molecule has 0 saturated heterocycles. The van der Waals surface area contributed by atoms with Crippen molar-refractivity contribution in [2.24, 2.45) is 0 Å². The predicted octanol–water partition coefficient (Wildman–Crippen LogP) is 4.63. The quantitative estimate of drug-likeness (QED) is 0.557. The molecule has 2 amide bonds. The zero-order valence-corrected chi connectivity index (χ0v) is 16.1. The van der Waals surface area contributed by atoms with Crippen LogP contribution in [0.25, 0.3) is 0 Å². The molecule has 148 valence electrons. The minimum Gasteiger partial charge on any atom is -0.348 e. The summed E-state index contributed by atoms with van der Waals surface area (Å²) in [6.07, 6.45) is 0. The van der Waals surface area contributed by atoms with Crippen molar-refractivity contribution < 1.29 is 18.4 Å². The molecular weight excluding hydrogens is 394 g/mol. The summed E-state index contributed by atoms with van der Waals surface area (Å²) < 4.78 is 26.2. The van der Waals surface area contributed by atoms with Crippen LogP contribution in [0.4, 0.5) is 14.5 Å². The van der Waals surface area contributed by atoms with Crippen LogP contribution >= 0.6 is 11.8 Å². The van der Waals surface area contributed by atoms with Crippen molar-refractivity contribution in [3.05, 3.63) is 95.6 Å². The highest BCUT2D eigenvalue weighted by molar-refractivity contribution is 8.00. The summed E-state index contributed by atoms with van der Waals surface area (Å²) in [4.78, 5) is 25.2. The van der Waals surface area contributed by atoms with Gasteiger partial charge in [-0.3, -0.25) is 9.59 Å². The molecule has 3 aromatic carbocycles. The molecule has 0 heterocycles. The van der Waals surface area contributed by atoms with E-state index in [1.807, 2.05) is 30.3 Å². The van der Waals surface area contributed by atoms with Crippen molar-refractivity contribution >= 4 is 29.3 Å². The topological polar surface area (TPSA) is 58.2 Å². The van der Waals surface area contributed by atoms with Crippen LogP contribution in [0, 0.1) is 11.6 Å². The molecule has 3 aromatic rings. The molecule has 0 bridgehead atoms. The maximum Gasteiger partial charge on any atom is 0.253 e. The second-order valence-electron chi connectivity index (χ2n) is 6.13. The second kappa shape index (κ2) is 9.84. The van der Waals surface area contributed by atoms with E-state index in [9.17, 15) is 18.4 Å². The lowest BCUT2D eigenvalue weighted by atomic mass is 10.1. The number of benzene rings is 3. The number of para-hydroxylation sites is 1. The van der Waals surface area contributed by atoms with Crippen LogP contribution in [0.2, 0.25) is 0 Å². The van der Waals surface area contributed by atoms with E-state index >= 15 is 0 Å². The van der Waals surface area contributed by atoms with Crippen LogP contribution in [0.15, 0.2) is 77.7 Å². The lowest BCUT2D eigenvalue weighted by molar-refractivity contribution is -0.113. The van der Waals surface area contributed by atoms with E-state index in [4.69, 9.17) is 0 Å². The lowest BCUT2D eigenvalue weighted by Crippen LogP contribution is -2.25. The fourth-order valence-corrected chi connectivity index (χ4v) is 3.29. The van der Waals surface area contributed by atoms with Crippen LogP contribution < -0.4 is 10.6 Å². The third-order valence-corrected chi connectivity index (χ3v) is 5.00. The Hall–Kier alpha value is -3.19. The first-order valence-corrected chi connectivity index (χ1v) is 9.80. The van der Waals surface area contributed by atoms with E-state index in [1.54, 1.807) is 24.3 Å². The Morgan fingerprint density at radius 3 is 2.34 bits per heavy atom. The van der Waals surface area contributed by atoms with Crippen molar-refractivity contribution in [3.8, 4) is 0 Å². The van der Waals surface area contributed by atoms with Gasteiger partial charge in [-0.05, 0) is 35.9 Å². The maximum absolute atomic E-state index is 13.3. The van der Waals surface area contributed by atoms with Gasteiger partial charge in [0.25, 0.3) is 5.91 Å². The Labute approximate surface area is 171 Å². The molecule has 29 heavy (non-hydrogen) atoms. The van der Waals surface area contributed by atoms with Crippen molar-refractivity contribution in [2.75, 3.05) is 11.1 Å². The first-order valence-electron chi connectivity index (χ1n) is 8.82. The molecule has 0 aliphatic rings. The predicted molar refractivity (Wildman–Crippen MR) is 110 cm³/mol. The standard InChI is InChI=1S/C22H18F2N2O2S/c23-18-11-10-16(12-19(18)24)29-14-21(27)26-20-9-5-4-8-17(20)22(28)25-13-15-6-2-1-3-7-15/h1-12H,13-14H2,(H,25,28)(H,26,27). The highest BCUT2D eigenvalue weighted by Crippen LogP contribution is 2.21. The Balaban J connectivity index is 1.59. The van der Waals surface area contributed by atoms with Crippen molar-refractivity contribution in [3.63, 3.8) is 0 Å². The summed E-state index contributed by atoms with van der Waals surface area (Å²) in [6.45, 7) is 0.369. The van der Waals surface area contributed by atoms with Crippen LogP contribution in [0.1, 0.15) is 15.9 Å². The van der Waals surface area contributed by atoms with Gasteiger partial charge >= 0.3 is 0 Å². The third-order valence-electron chi connectivity index (χ3n) is 4.00. The fourth-order valence-electron chi connectivity index (χ4n) is 2.57. The monoisotopic (exact) mass is 412 g/mol. The zero-order chi connectivity index (χ0) is 20.6. The van der Waals surface area contributed by atoms with Crippen LogP contribution in [-0.4, -0.2) is 17.6 Å². The average Bonchev–Trinajstić information content (AvgIpc) is 2.74. The van der Waals surface area contributed by atoms with Gasteiger partial charge in [-0.25, -0.2) is 8.78 Å². The third kappa shape index (κ3) is 5.89. The average molecular weight is 412 g/mol. The second-order valence-corrected chi connectivity index (χ2v) is 7.18. The van der Waals surface area contributed by atoms with Gasteiger partial charge in [-0.15, -0.1) is 11.8 Å². The van der Waals surface area contributed by atoms with E-state index < -0.39 is 11.6 Å². The molecule has 0 saturated carbocycles. The molecule has 2 N–H and O–H groups in total. The smallest absolute Gasteiger partial charge is 0.253 e. The fraction of sp³-hybridized carbons (Fsp3) is 0.0909. The van der Waals surface area contributed by atoms with Gasteiger partial charge in [0.15, 0.2) is 11.6 Å². The van der Waals surface area contributed by atoms with E-state index in [1.165, 1.54) is 6.07 Å². The minimum absolute atomic E-state index is 0.00889. The van der Waals surface area contributed by atoms with Gasteiger partial charge in [0.1, 0.15) is 0 Å². The van der Waals surface area contributed by atoms with Crippen molar-refractivity contribution in [1.29, 1.82) is 0 Å². The molecule has 0 aliphatic heterocycles. The molecule has 0 aromatic heterocycles. The number of hydrogen-bond acceptors (Lipinski definition) is 3. The molecule has 0 radical (unpaired) electrons. The molecule has 3 rings (SSSR count). The summed E-state index contributed by atoms with van der Waals surface area (Å²) in [6, 6.07) is 19.6. The minimum atomic E-state index is -0.962. The number of anilines is 1. The number of carbonyl (C=O) groups excluding carboxylic acids is 2.